The van der Waals surface area contributed by atoms with Crippen molar-refractivity contribution in [2.75, 3.05) is 4.72 Å². The number of nitrogens with one attached hydrogen (secondary N) is 2. The SMILES string of the molecule is Cc1cccc(C)c1NS(=O)(=O)c1c(C)n[nH]c1C. The molecule has 0 amide bonds. The number of hydrogen-bond acceptors (Lipinski definition) is 3. The van der Waals surface area contributed by atoms with Gasteiger partial charge in [0.05, 0.1) is 17.1 Å². The van der Waals surface area contributed by atoms with E-state index in [4.69, 9.17) is 0 Å². The first kappa shape index (κ1) is 13.6. The number of para-hydroxylation sites is 1. The zero-order valence-electron chi connectivity index (χ0n) is 11.4. The van der Waals surface area contributed by atoms with E-state index in [1.807, 2.05) is 32.0 Å². The van der Waals surface area contributed by atoms with Crippen molar-refractivity contribution in [3.63, 3.8) is 0 Å². The normalized spacial score (nSPS) is 11.6. The van der Waals surface area contributed by atoms with Crippen molar-refractivity contribution in [3.8, 4) is 0 Å². The van der Waals surface area contributed by atoms with Crippen LogP contribution in [-0.2, 0) is 10.0 Å². The maximum Gasteiger partial charge on any atom is 0.265 e. The third-order valence-electron chi connectivity index (χ3n) is 3.05. The number of nitrogens with zero attached hydrogens (tertiary/aromatic N) is 1. The quantitative estimate of drug-likeness (QED) is 0.906. The smallest absolute Gasteiger partial charge is 0.265 e. The fourth-order valence-corrected chi connectivity index (χ4v) is 3.67. The monoisotopic (exact) mass is 279 g/mol. The van der Waals surface area contributed by atoms with Gasteiger partial charge in [-0.3, -0.25) is 9.82 Å². The van der Waals surface area contributed by atoms with E-state index in [1.54, 1.807) is 13.8 Å². The number of aromatic amines is 1. The van der Waals surface area contributed by atoms with Gasteiger partial charge in [-0.2, -0.15) is 5.10 Å². The molecule has 6 heteroatoms. The van der Waals surface area contributed by atoms with Crippen molar-refractivity contribution >= 4 is 15.7 Å². The molecule has 2 N–H and O–H groups in total. The highest BCUT2D eigenvalue weighted by Crippen LogP contribution is 2.25. The molecule has 0 saturated carbocycles. The van der Waals surface area contributed by atoms with Crippen LogP contribution in [0.5, 0.6) is 0 Å². The van der Waals surface area contributed by atoms with Crippen LogP contribution in [0.3, 0.4) is 0 Å². The summed E-state index contributed by atoms with van der Waals surface area (Å²) in [6, 6.07) is 5.65. The molecule has 0 unspecified atom stereocenters. The Balaban J connectivity index is 2.49. The van der Waals surface area contributed by atoms with Crippen LogP contribution in [0.4, 0.5) is 5.69 Å². The molecule has 19 heavy (non-hydrogen) atoms. The van der Waals surface area contributed by atoms with Gasteiger partial charge in [-0.15, -0.1) is 0 Å². The lowest BCUT2D eigenvalue weighted by Gasteiger charge is -2.13. The molecule has 0 fully saturated rings. The average Bonchev–Trinajstić information content (AvgIpc) is 2.64. The fourth-order valence-electron chi connectivity index (χ4n) is 2.10. The van der Waals surface area contributed by atoms with E-state index in [0.717, 1.165) is 11.1 Å². The van der Waals surface area contributed by atoms with Gasteiger partial charge in [0.1, 0.15) is 4.90 Å². The Kier molecular flexibility index (Phi) is 3.36. The van der Waals surface area contributed by atoms with E-state index >= 15 is 0 Å². The fraction of sp³-hybridized carbons (Fsp3) is 0.308. The van der Waals surface area contributed by atoms with Crippen LogP contribution >= 0.6 is 0 Å². The number of anilines is 1. The van der Waals surface area contributed by atoms with Crippen LogP contribution in [0.15, 0.2) is 23.1 Å². The van der Waals surface area contributed by atoms with E-state index in [9.17, 15) is 8.42 Å². The molecule has 0 spiro atoms. The Morgan fingerprint density at radius 1 is 1.11 bits per heavy atom. The summed E-state index contributed by atoms with van der Waals surface area (Å²) < 4.78 is 27.5. The minimum atomic E-state index is -3.62. The molecule has 0 radical (unpaired) electrons. The summed E-state index contributed by atoms with van der Waals surface area (Å²) in [6.07, 6.45) is 0. The van der Waals surface area contributed by atoms with E-state index in [2.05, 4.69) is 14.9 Å². The minimum absolute atomic E-state index is 0.218. The van der Waals surface area contributed by atoms with E-state index in [1.165, 1.54) is 0 Å². The molecule has 0 aliphatic carbocycles. The molecule has 1 heterocycles. The predicted molar refractivity (Wildman–Crippen MR) is 74.8 cm³/mol. The van der Waals surface area contributed by atoms with Gasteiger partial charge in [-0.05, 0) is 38.8 Å². The van der Waals surface area contributed by atoms with Crippen molar-refractivity contribution in [2.45, 2.75) is 32.6 Å². The first-order valence-electron chi connectivity index (χ1n) is 5.93. The molecule has 0 bridgehead atoms. The molecule has 1 aromatic carbocycles. The average molecular weight is 279 g/mol. The second kappa shape index (κ2) is 4.70. The van der Waals surface area contributed by atoms with Gasteiger partial charge >= 0.3 is 0 Å². The Morgan fingerprint density at radius 3 is 2.16 bits per heavy atom. The van der Waals surface area contributed by atoms with Crippen LogP contribution in [0.25, 0.3) is 0 Å². The minimum Gasteiger partial charge on any atom is -0.281 e. The molecule has 2 aromatic rings. The second-order valence-corrected chi connectivity index (χ2v) is 6.25. The maximum absolute atomic E-state index is 12.4. The van der Waals surface area contributed by atoms with Crippen LogP contribution < -0.4 is 4.72 Å². The third kappa shape index (κ3) is 2.49. The molecular weight excluding hydrogens is 262 g/mol. The number of aromatic nitrogens is 2. The van der Waals surface area contributed by atoms with Crippen LogP contribution in [-0.4, -0.2) is 18.6 Å². The first-order valence-corrected chi connectivity index (χ1v) is 7.42. The number of sulfonamides is 1. The van der Waals surface area contributed by atoms with E-state index in [0.29, 0.717) is 17.1 Å². The highest BCUT2D eigenvalue weighted by Gasteiger charge is 2.23. The summed E-state index contributed by atoms with van der Waals surface area (Å²) in [4.78, 5) is 0.218. The van der Waals surface area contributed by atoms with E-state index in [-0.39, 0.29) is 4.90 Å². The van der Waals surface area contributed by atoms with Gasteiger partial charge in [-0.1, -0.05) is 18.2 Å². The van der Waals surface area contributed by atoms with E-state index < -0.39 is 10.0 Å². The Bertz CT molecular complexity index is 678. The van der Waals surface area contributed by atoms with Crippen LogP contribution in [0, 0.1) is 27.7 Å². The standard InChI is InChI=1S/C13H17N3O2S/c1-8-6-5-7-9(2)12(8)16-19(17,18)13-10(3)14-15-11(13)4/h5-7,16H,1-4H3,(H,14,15). The van der Waals surface area contributed by atoms with Crippen molar-refractivity contribution in [1.29, 1.82) is 0 Å². The molecule has 5 nitrogen and oxygen atoms in total. The van der Waals surface area contributed by atoms with Gasteiger partial charge < -0.3 is 0 Å². The molecule has 0 atom stereocenters. The van der Waals surface area contributed by atoms with Crippen molar-refractivity contribution in [3.05, 3.63) is 40.7 Å². The summed E-state index contributed by atoms with van der Waals surface area (Å²) in [7, 11) is -3.62. The van der Waals surface area contributed by atoms with Crippen molar-refractivity contribution in [2.24, 2.45) is 0 Å². The number of benzene rings is 1. The van der Waals surface area contributed by atoms with Gasteiger partial charge in [0.2, 0.25) is 0 Å². The lowest BCUT2D eigenvalue weighted by molar-refractivity contribution is 0.600. The predicted octanol–water partition coefficient (Wildman–Crippen LogP) is 2.44. The Morgan fingerprint density at radius 2 is 1.68 bits per heavy atom. The summed E-state index contributed by atoms with van der Waals surface area (Å²) in [5.74, 6) is 0. The first-order chi connectivity index (χ1) is 8.83. The second-order valence-electron chi connectivity index (χ2n) is 4.64. The summed E-state index contributed by atoms with van der Waals surface area (Å²) in [5.41, 5.74) is 3.42. The summed E-state index contributed by atoms with van der Waals surface area (Å²) in [6.45, 7) is 7.11. The molecule has 102 valence electrons. The van der Waals surface area contributed by atoms with Gasteiger partial charge in [0.15, 0.2) is 0 Å². The topological polar surface area (TPSA) is 74.8 Å². The zero-order valence-corrected chi connectivity index (χ0v) is 12.2. The van der Waals surface area contributed by atoms with Gasteiger partial charge in [0.25, 0.3) is 10.0 Å². The highest BCUT2D eigenvalue weighted by molar-refractivity contribution is 7.92. The number of rotatable bonds is 3. The van der Waals surface area contributed by atoms with Gasteiger partial charge in [-0.25, -0.2) is 8.42 Å². The molecule has 1 aromatic heterocycles. The Labute approximate surface area is 113 Å². The largest absolute Gasteiger partial charge is 0.281 e. The van der Waals surface area contributed by atoms with Gasteiger partial charge in [0, 0.05) is 0 Å². The molecule has 2 rings (SSSR count). The Hall–Kier alpha value is -1.82. The molecule has 0 aliphatic rings. The summed E-state index contributed by atoms with van der Waals surface area (Å²) in [5, 5.41) is 6.61. The summed E-state index contributed by atoms with van der Waals surface area (Å²) >= 11 is 0. The number of H-pyrrole nitrogens is 1. The van der Waals surface area contributed by atoms with Crippen molar-refractivity contribution < 1.29 is 8.42 Å². The lowest BCUT2D eigenvalue weighted by Crippen LogP contribution is -2.16. The van der Waals surface area contributed by atoms with Crippen LogP contribution in [0.1, 0.15) is 22.5 Å². The zero-order chi connectivity index (χ0) is 14.2. The van der Waals surface area contributed by atoms with Crippen molar-refractivity contribution in [1.82, 2.24) is 10.2 Å². The third-order valence-corrected chi connectivity index (χ3v) is 4.66. The molecule has 0 aliphatic heterocycles. The lowest BCUT2D eigenvalue weighted by atomic mass is 10.1. The number of hydrogen-bond donors (Lipinski definition) is 2. The maximum atomic E-state index is 12.4. The molecule has 0 saturated heterocycles. The highest BCUT2D eigenvalue weighted by atomic mass is 32.2. The van der Waals surface area contributed by atoms with Crippen LogP contribution in [0.2, 0.25) is 0 Å². The number of aryl methyl sites for hydroxylation is 4. The molecular formula is C13H17N3O2S.